The zero-order chi connectivity index (χ0) is 16.9. The molecule has 0 unspecified atom stereocenters. The van der Waals surface area contributed by atoms with Gasteiger partial charge in [-0.05, 0) is 19.3 Å². The number of hydrogen-bond acceptors (Lipinski definition) is 4. The van der Waals surface area contributed by atoms with Crippen LogP contribution < -0.4 is 0 Å². The Labute approximate surface area is 147 Å². The van der Waals surface area contributed by atoms with E-state index in [1.165, 1.54) is 0 Å². The summed E-state index contributed by atoms with van der Waals surface area (Å²) in [6, 6.07) is 0. The second kappa shape index (κ2) is 8.23. The molecule has 1 atom stereocenters. The predicted octanol–water partition coefficient (Wildman–Crippen LogP) is 0.813. The van der Waals surface area contributed by atoms with Gasteiger partial charge in [0.1, 0.15) is 0 Å². The third-order valence-electron chi connectivity index (χ3n) is 5.20. The molecular formula is C17H27N3O3S. The predicted molar refractivity (Wildman–Crippen MR) is 93.6 cm³/mol. The van der Waals surface area contributed by atoms with Crippen LogP contribution in [0, 0.1) is 5.92 Å². The molecular weight excluding hydrogens is 326 g/mol. The fraction of sp³-hybridized carbons (Fsp3) is 0.824. The summed E-state index contributed by atoms with van der Waals surface area (Å²) in [5.41, 5.74) is 0. The minimum Gasteiger partial charge on any atom is -0.343 e. The Morgan fingerprint density at radius 3 is 2.42 bits per heavy atom. The van der Waals surface area contributed by atoms with Crippen LogP contribution in [0.4, 0.5) is 0 Å². The van der Waals surface area contributed by atoms with Crippen molar-refractivity contribution < 1.29 is 14.4 Å². The van der Waals surface area contributed by atoms with Gasteiger partial charge in [0.2, 0.25) is 17.7 Å². The summed E-state index contributed by atoms with van der Waals surface area (Å²) in [4.78, 5) is 42.1. The van der Waals surface area contributed by atoms with Gasteiger partial charge in [0.05, 0.1) is 5.92 Å². The van der Waals surface area contributed by atoms with Gasteiger partial charge in [0.25, 0.3) is 0 Å². The number of carbonyl (C=O) groups excluding carboxylic acids is 3. The van der Waals surface area contributed by atoms with Gasteiger partial charge in [-0.15, -0.1) is 0 Å². The quantitative estimate of drug-likeness (QED) is 0.734. The van der Waals surface area contributed by atoms with Crippen molar-refractivity contribution in [3.8, 4) is 0 Å². The van der Waals surface area contributed by atoms with Crippen molar-refractivity contribution in [1.82, 2.24) is 14.7 Å². The lowest BCUT2D eigenvalue weighted by Gasteiger charge is -2.36. The van der Waals surface area contributed by atoms with Gasteiger partial charge in [-0.2, -0.15) is 11.8 Å². The summed E-state index contributed by atoms with van der Waals surface area (Å²) >= 11 is 1.90. The van der Waals surface area contributed by atoms with Crippen molar-refractivity contribution in [3.05, 3.63) is 0 Å². The van der Waals surface area contributed by atoms with Crippen molar-refractivity contribution in [3.63, 3.8) is 0 Å². The van der Waals surface area contributed by atoms with E-state index < -0.39 is 0 Å². The lowest BCUT2D eigenvalue weighted by molar-refractivity contribution is -0.142. The lowest BCUT2D eigenvalue weighted by Crippen LogP contribution is -2.49. The zero-order valence-corrected chi connectivity index (χ0v) is 15.1. The largest absolute Gasteiger partial charge is 0.343 e. The number of piperidine rings is 1. The molecule has 6 nitrogen and oxygen atoms in total. The highest BCUT2D eigenvalue weighted by Gasteiger charge is 2.33. The Hall–Kier alpha value is -1.24. The molecule has 3 saturated heterocycles. The number of thioether (sulfide) groups is 1. The summed E-state index contributed by atoms with van der Waals surface area (Å²) < 4.78 is 0. The number of nitrogens with zero attached hydrogens (tertiary/aromatic N) is 3. The van der Waals surface area contributed by atoms with E-state index in [9.17, 15) is 14.4 Å². The molecule has 0 aromatic rings. The highest BCUT2D eigenvalue weighted by atomic mass is 32.2. The third kappa shape index (κ3) is 4.23. The fourth-order valence-electron chi connectivity index (χ4n) is 3.77. The van der Waals surface area contributed by atoms with Crippen LogP contribution in [0.3, 0.4) is 0 Å². The second-order valence-corrected chi connectivity index (χ2v) is 8.08. The van der Waals surface area contributed by atoms with Crippen LogP contribution >= 0.6 is 11.8 Å². The van der Waals surface area contributed by atoms with E-state index in [2.05, 4.69) is 0 Å². The SMILES string of the molecule is O=C1CCCN1CCCN1C[C@H](C(=O)N2CCSCC2)CCC1=O. The lowest BCUT2D eigenvalue weighted by atomic mass is 9.95. The summed E-state index contributed by atoms with van der Waals surface area (Å²) in [5, 5.41) is 0. The van der Waals surface area contributed by atoms with Crippen molar-refractivity contribution in [2.45, 2.75) is 32.1 Å². The normalized spacial score (nSPS) is 25.5. The van der Waals surface area contributed by atoms with Crippen LogP contribution in [-0.4, -0.2) is 83.2 Å². The first-order chi connectivity index (χ1) is 11.6. The van der Waals surface area contributed by atoms with E-state index in [-0.39, 0.29) is 23.6 Å². The average molecular weight is 353 g/mol. The molecule has 24 heavy (non-hydrogen) atoms. The minimum atomic E-state index is -0.0424. The molecule has 0 saturated carbocycles. The molecule has 134 valence electrons. The van der Waals surface area contributed by atoms with E-state index in [0.717, 1.165) is 50.5 Å². The highest BCUT2D eigenvalue weighted by molar-refractivity contribution is 7.99. The molecule has 3 aliphatic rings. The van der Waals surface area contributed by atoms with Crippen LogP contribution in [-0.2, 0) is 14.4 Å². The molecule has 7 heteroatoms. The van der Waals surface area contributed by atoms with E-state index >= 15 is 0 Å². The molecule has 0 N–H and O–H groups in total. The van der Waals surface area contributed by atoms with Crippen molar-refractivity contribution in [1.29, 1.82) is 0 Å². The average Bonchev–Trinajstić information content (AvgIpc) is 3.02. The molecule has 0 aromatic carbocycles. The van der Waals surface area contributed by atoms with E-state index in [1.54, 1.807) is 0 Å². The summed E-state index contributed by atoms with van der Waals surface area (Å²) in [5.74, 6) is 2.61. The maximum Gasteiger partial charge on any atom is 0.227 e. The van der Waals surface area contributed by atoms with E-state index in [4.69, 9.17) is 0 Å². The first kappa shape index (κ1) is 17.6. The third-order valence-corrected chi connectivity index (χ3v) is 6.14. The number of hydrogen-bond donors (Lipinski definition) is 0. The number of carbonyl (C=O) groups is 3. The molecule has 3 rings (SSSR count). The van der Waals surface area contributed by atoms with E-state index in [1.807, 2.05) is 26.5 Å². The Morgan fingerprint density at radius 1 is 1.00 bits per heavy atom. The molecule has 3 amide bonds. The van der Waals surface area contributed by atoms with Crippen LogP contribution in [0.5, 0.6) is 0 Å². The standard InChI is InChI=1S/C17H27N3O3S/c21-15-3-1-6-18(15)7-2-8-20-13-14(4-5-16(20)22)17(23)19-9-11-24-12-10-19/h14H,1-13H2/t14-/m1/s1. The Kier molecular flexibility index (Phi) is 6.03. The molecule has 3 heterocycles. The number of amides is 3. The Morgan fingerprint density at radius 2 is 1.71 bits per heavy atom. The summed E-state index contributed by atoms with van der Waals surface area (Å²) in [6.45, 7) is 4.46. The van der Waals surface area contributed by atoms with Gasteiger partial charge in [-0.3, -0.25) is 14.4 Å². The minimum absolute atomic E-state index is 0.0424. The molecule has 3 aliphatic heterocycles. The smallest absolute Gasteiger partial charge is 0.227 e. The summed E-state index contributed by atoms with van der Waals surface area (Å²) in [6.07, 6.45) is 3.57. The van der Waals surface area contributed by atoms with Crippen LogP contribution in [0.15, 0.2) is 0 Å². The molecule has 0 bridgehead atoms. The molecule has 0 aromatic heterocycles. The topological polar surface area (TPSA) is 60.9 Å². The van der Waals surface area contributed by atoms with Gasteiger partial charge in [0.15, 0.2) is 0 Å². The number of rotatable bonds is 5. The van der Waals surface area contributed by atoms with Crippen LogP contribution in [0.25, 0.3) is 0 Å². The maximum atomic E-state index is 12.7. The first-order valence-corrected chi connectivity index (χ1v) is 10.2. The van der Waals surface area contributed by atoms with Gasteiger partial charge in [-0.1, -0.05) is 0 Å². The molecule has 0 aliphatic carbocycles. The number of likely N-dealkylation sites (tertiary alicyclic amines) is 2. The van der Waals surface area contributed by atoms with Gasteiger partial charge in [0, 0.05) is 63.6 Å². The zero-order valence-electron chi connectivity index (χ0n) is 14.2. The van der Waals surface area contributed by atoms with Crippen LogP contribution in [0.2, 0.25) is 0 Å². The van der Waals surface area contributed by atoms with Gasteiger partial charge >= 0.3 is 0 Å². The Bertz CT molecular complexity index is 493. The van der Waals surface area contributed by atoms with E-state index in [0.29, 0.717) is 32.4 Å². The summed E-state index contributed by atoms with van der Waals surface area (Å²) in [7, 11) is 0. The first-order valence-electron chi connectivity index (χ1n) is 9.07. The van der Waals surface area contributed by atoms with Gasteiger partial charge < -0.3 is 14.7 Å². The second-order valence-electron chi connectivity index (χ2n) is 6.85. The van der Waals surface area contributed by atoms with Crippen molar-refractivity contribution in [2.75, 3.05) is 50.8 Å². The Balaban J connectivity index is 1.46. The monoisotopic (exact) mass is 353 g/mol. The van der Waals surface area contributed by atoms with Crippen LogP contribution in [0.1, 0.15) is 32.1 Å². The van der Waals surface area contributed by atoms with Gasteiger partial charge in [-0.25, -0.2) is 0 Å². The van der Waals surface area contributed by atoms with Crippen molar-refractivity contribution in [2.24, 2.45) is 5.92 Å². The molecule has 0 radical (unpaired) electrons. The molecule has 3 fully saturated rings. The fourth-order valence-corrected chi connectivity index (χ4v) is 4.67. The maximum absolute atomic E-state index is 12.7. The highest BCUT2D eigenvalue weighted by Crippen LogP contribution is 2.22. The van der Waals surface area contributed by atoms with Crippen molar-refractivity contribution >= 4 is 29.5 Å². The molecule has 0 spiro atoms.